The maximum Gasteiger partial charge on any atom is 0.262 e. The van der Waals surface area contributed by atoms with Crippen molar-refractivity contribution < 1.29 is 9.53 Å². The van der Waals surface area contributed by atoms with E-state index in [0.717, 1.165) is 19.3 Å². The molecular weight excluding hydrogens is 424 g/mol. The lowest BCUT2D eigenvalue weighted by molar-refractivity contribution is -0.121. The van der Waals surface area contributed by atoms with Crippen LogP contribution in [0.5, 0.6) is 0 Å². The van der Waals surface area contributed by atoms with Crippen molar-refractivity contribution >= 4 is 40.2 Å². The minimum Gasteiger partial charge on any atom is -0.383 e. The van der Waals surface area contributed by atoms with E-state index in [1.165, 1.54) is 16.3 Å². The van der Waals surface area contributed by atoms with Crippen LogP contribution >= 0.6 is 23.4 Å². The van der Waals surface area contributed by atoms with Gasteiger partial charge in [-0.05, 0) is 38.0 Å². The molecule has 30 heavy (non-hydrogen) atoms. The van der Waals surface area contributed by atoms with Gasteiger partial charge in [-0.2, -0.15) is 5.26 Å². The number of thioether (sulfide) groups is 1. The number of carbonyl (C=O) groups excluding carboxylic acids is 1. The van der Waals surface area contributed by atoms with Gasteiger partial charge in [0.15, 0.2) is 5.16 Å². The van der Waals surface area contributed by atoms with Gasteiger partial charge in [0.2, 0.25) is 5.91 Å². The van der Waals surface area contributed by atoms with Crippen molar-refractivity contribution in [2.24, 2.45) is 0 Å². The highest BCUT2D eigenvalue weighted by Crippen LogP contribution is 2.29. The van der Waals surface area contributed by atoms with Gasteiger partial charge >= 0.3 is 0 Å². The Morgan fingerprint density at radius 3 is 2.83 bits per heavy atom. The van der Waals surface area contributed by atoms with Crippen molar-refractivity contribution in [2.75, 3.05) is 13.7 Å². The Bertz CT molecular complexity index is 1030. The zero-order valence-corrected chi connectivity index (χ0v) is 18.7. The number of aromatic nitrogens is 2. The Kier molecular flexibility index (Phi) is 7.40. The molecule has 2 aromatic rings. The van der Waals surface area contributed by atoms with Crippen LogP contribution in [0.4, 0.5) is 0 Å². The van der Waals surface area contributed by atoms with Crippen molar-refractivity contribution in [1.82, 2.24) is 14.9 Å². The van der Waals surface area contributed by atoms with E-state index in [-0.39, 0.29) is 11.5 Å². The number of nitrogens with one attached hydrogen (secondary N) is 1. The summed E-state index contributed by atoms with van der Waals surface area (Å²) in [5.74, 6) is -0.234. The first kappa shape index (κ1) is 22.6. The van der Waals surface area contributed by atoms with Crippen molar-refractivity contribution in [2.45, 2.75) is 61.5 Å². The number of carbonyl (C=O) groups is 1. The molecule has 0 bridgehead atoms. The van der Waals surface area contributed by atoms with E-state index in [2.05, 4.69) is 16.4 Å². The average Bonchev–Trinajstić information content (AvgIpc) is 2.74. The number of methoxy groups -OCH3 is 1. The smallest absolute Gasteiger partial charge is 0.262 e. The second kappa shape index (κ2) is 9.82. The van der Waals surface area contributed by atoms with Crippen LogP contribution in [0, 0.1) is 11.3 Å². The quantitative estimate of drug-likeness (QED) is 0.514. The number of halogens is 1. The summed E-state index contributed by atoms with van der Waals surface area (Å²) >= 11 is 7.27. The molecule has 0 radical (unpaired) electrons. The van der Waals surface area contributed by atoms with Gasteiger partial charge in [-0.25, -0.2) is 4.98 Å². The summed E-state index contributed by atoms with van der Waals surface area (Å²) in [4.78, 5) is 30.5. The number of fused-ring (bicyclic) bond motifs is 1. The standard InChI is InChI=1S/C21H25ClN4O3S/c1-14(18(27)25-21(13-23)8-4-3-5-9-21)30-20-24-17-12-15(22)6-7-16(17)19(28)26(20)10-11-29-2/h6-7,12,14H,3-5,8-11H2,1-2H3,(H,25,27). The average molecular weight is 449 g/mol. The van der Waals surface area contributed by atoms with Crippen molar-refractivity contribution in [3.63, 3.8) is 0 Å². The first-order valence-corrected chi connectivity index (χ1v) is 11.2. The van der Waals surface area contributed by atoms with Gasteiger partial charge in [0.1, 0.15) is 5.54 Å². The van der Waals surface area contributed by atoms with E-state index in [0.29, 0.717) is 47.1 Å². The number of nitriles is 1. The summed E-state index contributed by atoms with van der Waals surface area (Å²) in [7, 11) is 1.56. The van der Waals surface area contributed by atoms with Gasteiger partial charge in [-0.1, -0.05) is 42.6 Å². The molecule has 1 aromatic carbocycles. The molecule has 1 aliphatic rings. The van der Waals surface area contributed by atoms with Crippen LogP contribution in [0.15, 0.2) is 28.2 Å². The zero-order valence-electron chi connectivity index (χ0n) is 17.1. The second-order valence-electron chi connectivity index (χ2n) is 7.51. The summed E-state index contributed by atoms with van der Waals surface area (Å²) in [6, 6.07) is 7.25. The maximum atomic E-state index is 13.0. The zero-order chi connectivity index (χ0) is 21.7. The Labute approximate surface area is 184 Å². The summed E-state index contributed by atoms with van der Waals surface area (Å²) in [5, 5.41) is 13.4. The summed E-state index contributed by atoms with van der Waals surface area (Å²) in [6.45, 7) is 2.41. The minimum atomic E-state index is -0.801. The van der Waals surface area contributed by atoms with Crippen LogP contribution in [0.3, 0.4) is 0 Å². The monoisotopic (exact) mass is 448 g/mol. The largest absolute Gasteiger partial charge is 0.383 e. The van der Waals surface area contributed by atoms with Crippen LogP contribution < -0.4 is 10.9 Å². The molecule has 1 fully saturated rings. The molecule has 1 aromatic heterocycles. The van der Waals surface area contributed by atoms with Crippen molar-refractivity contribution in [1.29, 1.82) is 5.26 Å². The van der Waals surface area contributed by atoms with Gasteiger partial charge in [0.05, 0.1) is 35.4 Å². The topological polar surface area (TPSA) is 97.0 Å². The Balaban J connectivity index is 1.88. The molecule has 1 amide bonds. The highest BCUT2D eigenvalue weighted by atomic mass is 35.5. The highest BCUT2D eigenvalue weighted by Gasteiger charge is 2.35. The maximum absolute atomic E-state index is 13.0. The fourth-order valence-electron chi connectivity index (χ4n) is 3.61. The fourth-order valence-corrected chi connectivity index (χ4v) is 4.71. The number of ether oxygens (including phenoxy) is 1. The molecule has 7 nitrogen and oxygen atoms in total. The summed E-state index contributed by atoms with van der Waals surface area (Å²) < 4.78 is 6.66. The van der Waals surface area contributed by atoms with Crippen LogP contribution in [-0.4, -0.2) is 40.0 Å². The lowest BCUT2D eigenvalue weighted by Gasteiger charge is -2.32. The van der Waals surface area contributed by atoms with Crippen LogP contribution in [0.25, 0.3) is 10.9 Å². The van der Waals surface area contributed by atoms with E-state index in [4.69, 9.17) is 16.3 Å². The van der Waals surface area contributed by atoms with Gasteiger partial charge in [0.25, 0.3) is 5.56 Å². The minimum absolute atomic E-state index is 0.204. The number of rotatable bonds is 7. The summed E-state index contributed by atoms with van der Waals surface area (Å²) in [6.07, 6.45) is 4.27. The van der Waals surface area contributed by atoms with Crippen LogP contribution in [0.2, 0.25) is 5.02 Å². The molecule has 3 rings (SSSR count). The molecule has 1 aliphatic carbocycles. The van der Waals surface area contributed by atoms with E-state index in [1.807, 2.05) is 0 Å². The molecule has 1 heterocycles. The molecule has 0 aliphatic heterocycles. The Morgan fingerprint density at radius 2 is 2.17 bits per heavy atom. The number of hydrogen-bond donors (Lipinski definition) is 1. The normalized spacial score (nSPS) is 16.7. The van der Waals surface area contributed by atoms with Gasteiger partial charge < -0.3 is 10.1 Å². The summed E-state index contributed by atoms with van der Waals surface area (Å²) in [5.41, 5.74) is -0.522. The molecule has 1 saturated carbocycles. The SMILES string of the molecule is COCCn1c(SC(C)C(=O)NC2(C#N)CCCCC2)nc2cc(Cl)ccc2c1=O. The Hall–Kier alpha value is -2.08. The molecule has 9 heteroatoms. The predicted molar refractivity (Wildman–Crippen MR) is 118 cm³/mol. The predicted octanol–water partition coefficient (Wildman–Crippen LogP) is 3.52. The number of benzene rings is 1. The van der Waals surface area contributed by atoms with Crippen LogP contribution in [-0.2, 0) is 16.1 Å². The molecule has 160 valence electrons. The lowest BCUT2D eigenvalue weighted by atomic mass is 9.83. The third kappa shape index (κ3) is 4.97. The number of hydrogen-bond acceptors (Lipinski definition) is 6. The van der Waals surface area contributed by atoms with Crippen LogP contribution in [0.1, 0.15) is 39.0 Å². The Morgan fingerprint density at radius 1 is 1.43 bits per heavy atom. The van der Waals surface area contributed by atoms with E-state index < -0.39 is 10.8 Å². The first-order chi connectivity index (χ1) is 14.4. The highest BCUT2D eigenvalue weighted by molar-refractivity contribution is 8.00. The van der Waals surface area contributed by atoms with E-state index >= 15 is 0 Å². The molecular formula is C21H25ClN4O3S. The van der Waals surface area contributed by atoms with E-state index in [9.17, 15) is 14.9 Å². The first-order valence-electron chi connectivity index (χ1n) is 9.98. The van der Waals surface area contributed by atoms with E-state index in [1.54, 1.807) is 32.2 Å². The lowest BCUT2D eigenvalue weighted by Crippen LogP contribution is -2.51. The molecule has 0 saturated heterocycles. The van der Waals surface area contributed by atoms with Gasteiger partial charge in [-0.15, -0.1) is 0 Å². The second-order valence-corrected chi connectivity index (χ2v) is 9.25. The number of nitrogens with zero attached hydrogens (tertiary/aromatic N) is 3. The molecule has 1 N–H and O–H groups in total. The molecule has 0 spiro atoms. The van der Waals surface area contributed by atoms with Crippen molar-refractivity contribution in [3.8, 4) is 6.07 Å². The van der Waals surface area contributed by atoms with Gasteiger partial charge in [-0.3, -0.25) is 14.2 Å². The fraction of sp³-hybridized carbons (Fsp3) is 0.524. The molecule has 1 atom stereocenters. The van der Waals surface area contributed by atoms with Crippen molar-refractivity contribution in [3.05, 3.63) is 33.6 Å². The van der Waals surface area contributed by atoms with Gasteiger partial charge in [0, 0.05) is 12.1 Å². The molecule has 1 unspecified atom stereocenters. The number of amides is 1. The third-order valence-corrected chi connectivity index (χ3v) is 6.66. The third-order valence-electron chi connectivity index (χ3n) is 5.34.